The van der Waals surface area contributed by atoms with Gasteiger partial charge in [-0.05, 0) is 49.2 Å². The monoisotopic (exact) mass is 382 g/mol. The molecule has 0 aliphatic carbocycles. The van der Waals surface area contributed by atoms with E-state index in [0.29, 0.717) is 11.4 Å². The van der Waals surface area contributed by atoms with Gasteiger partial charge in [0.25, 0.3) is 0 Å². The molecular weight excluding hydrogens is 364 g/mol. The molecule has 0 saturated heterocycles. The molecule has 2 N–H and O–H groups in total. The van der Waals surface area contributed by atoms with Crippen LogP contribution in [0.25, 0.3) is 0 Å². The molecule has 0 aliphatic rings. The van der Waals surface area contributed by atoms with Gasteiger partial charge in [-0.25, -0.2) is 9.59 Å². The molecule has 0 aliphatic heterocycles. The number of anilines is 2. The van der Waals surface area contributed by atoms with Crippen LogP contribution in [0.2, 0.25) is 0 Å². The van der Waals surface area contributed by atoms with Gasteiger partial charge in [0.15, 0.2) is 11.5 Å². The van der Waals surface area contributed by atoms with E-state index in [0.717, 1.165) is 11.1 Å². The van der Waals surface area contributed by atoms with Crippen LogP contribution in [0.4, 0.5) is 21.0 Å². The van der Waals surface area contributed by atoms with Crippen molar-refractivity contribution >= 4 is 34.9 Å². The summed E-state index contributed by atoms with van der Waals surface area (Å²) in [7, 11) is 0. The minimum atomic E-state index is -0.664. The van der Waals surface area contributed by atoms with Crippen molar-refractivity contribution in [1.82, 2.24) is 0 Å². The Balaban J connectivity index is 1.60. The van der Waals surface area contributed by atoms with Crippen molar-refractivity contribution in [2.75, 3.05) is 10.6 Å². The number of nitrogens with one attached hydrogen (secondary N) is 2. The first-order valence-corrected chi connectivity index (χ1v) is 9.11. The maximum absolute atomic E-state index is 12.1. The summed E-state index contributed by atoms with van der Waals surface area (Å²) in [4.78, 5) is 24.1. The van der Waals surface area contributed by atoms with Crippen molar-refractivity contribution in [3.8, 4) is 11.5 Å². The Morgan fingerprint density at radius 2 is 1.22 bits per heavy atom. The minimum Gasteiger partial charge on any atom is -0.405 e. The van der Waals surface area contributed by atoms with Gasteiger partial charge in [0, 0.05) is 22.1 Å². The van der Waals surface area contributed by atoms with E-state index < -0.39 is 12.2 Å². The van der Waals surface area contributed by atoms with Crippen LogP contribution < -0.4 is 20.1 Å². The lowest BCUT2D eigenvalue weighted by molar-refractivity contribution is 0.205. The van der Waals surface area contributed by atoms with Crippen LogP contribution in [0.3, 0.4) is 0 Å². The van der Waals surface area contributed by atoms with Gasteiger partial charge in [0.2, 0.25) is 0 Å². The van der Waals surface area contributed by atoms with Crippen molar-refractivity contribution in [2.45, 2.75) is 13.8 Å². The fourth-order valence-electron chi connectivity index (χ4n) is 2.35. The average molecular weight is 382 g/mol. The quantitative estimate of drug-likeness (QED) is 0.617. The molecule has 138 valence electrons. The van der Waals surface area contributed by atoms with E-state index in [2.05, 4.69) is 10.6 Å². The first-order valence-electron chi connectivity index (χ1n) is 8.17. The Hall–Kier alpha value is -3.32. The third-order valence-corrected chi connectivity index (χ3v) is 4.23. The SMILES string of the molecule is Cc1cccc(NC(=O)Oc2cscc2OC(=O)Nc2cccc(C)c2)c1. The average Bonchev–Trinajstić information content (AvgIpc) is 3.01. The number of carbonyl (C=O) groups excluding carboxylic acids is 2. The molecule has 7 heteroatoms. The number of carbonyl (C=O) groups is 2. The maximum atomic E-state index is 12.1. The van der Waals surface area contributed by atoms with Gasteiger partial charge in [-0.2, -0.15) is 0 Å². The summed E-state index contributed by atoms with van der Waals surface area (Å²) in [5, 5.41) is 8.45. The number of benzene rings is 2. The van der Waals surface area contributed by atoms with E-state index in [1.807, 2.05) is 50.2 Å². The highest BCUT2D eigenvalue weighted by Crippen LogP contribution is 2.32. The molecule has 2 amide bonds. The second-order valence-corrected chi connectivity index (χ2v) is 6.61. The van der Waals surface area contributed by atoms with E-state index in [9.17, 15) is 9.59 Å². The van der Waals surface area contributed by atoms with Gasteiger partial charge in [0.05, 0.1) is 0 Å². The van der Waals surface area contributed by atoms with Crippen LogP contribution in [-0.4, -0.2) is 12.2 Å². The van der Waals surface area contributed by atoms with Gasteiger partial charge in [-0.3, -0.25) is 10.6 Å². The van der Waals surface area contributed by atoms with Crippen LogP contribution in [0.5, 0.6) is 11.5 Å². The molecule has 6 nitrogen and oxygen atoms in total. The first-order chi connectivity index (χ1) is 13.0. The van der Waals surface area contributed by atoms with E-state index in [1.165, 1.54) is 11.3 Å². The second-order valence-electron chi connectivity index (χ2n) is 5.87. The van der Waals surface area contributed by atoms with Crippen LogP contribution in [0.1, 0.15) is 11.1 Å². The second kappa shape index (κ2) is 8.37. The summed E-state index contributed by atoms with van der Waals surface area (Å²) in [5.41, 5.74) is 3.27. The zero-order chi connectivity index (χ0) is 19.2. The molecule has 0 atom stereocenters. The Bertz CT molecular complexity index is 892. The van der Waals surface area contributed by atoms with Gasteiger partial charge in [-0.1, -0.05) is 24.3 Å². The zero-order valence-corrected chi connectivity index (χ0v) is 15.6. The van der Waals surface area contributed by atoms with Gasteiger partial charge < -0.3 is 9.47 Å². The molecule has 2 aromatic carbocycles. The zero-order valence-electron chi connectivity index (χ0n) is 14.8. The molecule has 0 saturated carbocycles. The summed E-state index contributed by atoms with van der Waals surface area (Å²) < 4.78 is 10.5. The van der Waals surface area contributed by atoms with Crippen LogP contribution in [0.15, 0.2) is 59.3 Å². The lowest BCUT2D eigenvalue weighted by atomic mass is 10.2. The maximum Gasteiger partial charge on any atom is 0.417 e. The molecule has 0 radical (unpaired) electrons. The van der Waals surface area contributed by atoms with Crippen molar-refractivity contribution in [2.24, 2.45) is 0 Å². The highest BCUT2D eigenvalue weighted by atomic mass is 32.1. The van der Waals surface area contributed by atoms with Crippen molar-refractivity contribution in [1.29, 1.82) is 0 Å². The molecule has 0 spiro atoms. The van der Waals surface area contributed by atoms with E-state index in [1.54, 1.807) is 22.9 Å². The van der Waals surface area contributed by atoms with Gasteiger partial charge in [0.1, 0.15) is 0 Å². The molecule has 3 aromatic rings. The number of rotatable bonds is 4. The predicted octanol–water partition coefficient (Wildman–Crippen LogP) is 5.59. The van der Waals surface area contributed by atoms with Crippen LogP contribution in [-0.2, 0) is 0 Å². The number of hydrogen-bond donors (Lipinski definition) is 2. The van der Waals surface area contributed by atoms with Crippen molar-refractivity contribution in [3.63, 3.8) is 0 Å². The van der Waals surface area contributed by atoms with Crippen LogP contribution >= 0.6 is 11.3 Å². The normalized spacial score (nSPS) is 10.1. The summed E-state index contributed by atoms with van der Waals surface area (Å²) in [6.07, 6.45) is -1.33. The molecule has 1 heterocycles. The molecule has 0 unspecified atom stereocenters. The summed E-state index contributed by atoms with van der Waals surface area (Å²) in [5.74, 6) is 0.342. The third-order valence-electron chi connectivity index (χ3n) is 3.53. The van der Waals surface area contributed by atoms with Gasteiger partial charge >= 0.3 is 12.2 Å². The van der Waals surface area contributed by atoms with E-state index in [-0.39, 0.29) is 11.5 Å². The Labute approximate surface area is 160 Å². The molecule has 1 aromatic heterocycles. The number of ether oxygens (including phenoxy) is 2. The number of thiophene rings is 1. The topological polar surface area (TPSA) is 76.7 Å². The van der Waals surface area contributed by atoms with Crippen LogP contribution in [0, 0.1) is 13.8 Å². The lowest BCUT2D eigenvalue weighted by Crippen LogP contribution is -2.19. The van der Waals surface area contributed by atoms with Gasteiger partial charge in [-0.15, -0.1) is 11.3 Å². The molecule has 0 bridgehead atoms. The Kier molecular flexibility index (Phi) is 5.73. The number of aryl methyl sites for hydroxylation is 2. The van der Waals surface area contributed by atoms with E-state index in [4.69, 9.17) is 9.47 Å². The standard InChI is InChI=1S/C20H18N2O4S/c1-13-5-3-7-15(9-13)21-19(23)25-17-11-27-12-18(17)26-20(24)22-16-8-4-6-14(2)10-16/h3-12H,1-2H3,(H,21,23)(H,22,24). The smallest absolute Gasteiger partial charge is 0.405 e. The van der Waals surface area contributed by atoms with Crippen molar-refractivity contribution in [3.05, 3.63) is 70.4 Å². The van der Waals surface area contributed by atoms with Crippen molar-refractivity contribution < 1.29 is 19.1 Å². The highest BCUT2D eigenvalue weighted by molar-refractivity contribution is 7.08. The lowest BCUT2D eigenvalue weighted by Gasteiger charge is -2.09. The summed E-state index contributed by atoms with van der Waals surface area (Å²) in [6.45, 7) is 3.85. The number of amides is 2. The first kappa shape index (κ1) is 18.5. The third kappa shape index (κ3) is 5.32. The Morgan fingerprint density at radius 3 is 1.63 bits per heavy atom. The molecule has 27 heavy (non-hydrogen) atoms. The highest BCUT2D eigenvalue weighted by Gasteiger charge is 2.15. The fraction of sp³-hybridized carbons (Fsp3) is 0.100. The predicted molar refractivity (Wildman–Crippen MR) is 106 cm³/mol. The molecule has 0 fully saturated rings. The van der Waals surface area contributed by atoms with E-state index >= 15 is 0 Å². The Morgan fingerprint density at radius 1 is 0.778 bits per heavy atom. The number of hydrogen-bond acceptors (Lipinski definition) is 5. The minimum absolute atomic E-state index is 0.171. The molecule has 3 rings (SSSR count). The largest absolute Gasteiger partial charge is 0.417 e. The fourth-order valence-corrected chi connectivity index (χ4v) is 3.00. The molecular formula is C20H18N2O4S. The summed E-state index contributed by atoms with van der Waals surface area (Å²) >= 11 is 1.26. The summed E-state index contributed by atoms with van der Waals surface area (Å²) in [6, 6.07) is 14.7.